The van der Waals surface area contributed by atoms with Gasteiger partial charge in [0.25, 0.3) is 0 Å². The molecule has 3 heterocycles. The summed E-state index contributed by atoms with van der Waals surface area (Å²) in [5.41, 5.74) is 7.06. The molecular formula is C43H51IrN2O3-. The predicted octanol–water partition coefficient (Wildman–Crippen LogP) is 11.6. The zero-order valence-electron chi connectivity index (χ0n) is 30.6. The van der Waals surface area contributed by atoms with Crippen molar-refractivity contribution in [3.8, 4) is 22.6 Å². The Morgan fingerprint density at radius 1 is 0.898 bits per heavy atom. The minimum Gasteiger partial charge on any atom is -0.512 e. The fourth-order valence-electron chi connectivity index (χ4n) is 6.50. The summed E-state index contributed by atoms with van der Waals surface area (Å²) >= 11 is 0. The van der Waals surface area contributed by atoms with Crippen LogP contribution in [0.15, 0.2) is 77.3 Å². The van der Waals surface area contributed by atoms with E-state index in [1.54, 1.807) is 0 Å². The molecule has 1 aliphatic carbocycles. The van der Waals surface area contributed by atoms with Gasteiger partial charge in [-0.1, -0.05) is 91.5 Å². The number of furan rings is 1. The normalized spacial score (nSPS) is 13.3. The molecule has 2 aromatic carbocycles. The van der Waals surface area contributed by atoms with Crippen LogP contribution in [0.4, 0.5) is 0 Å². The van der Waals surface area contributed by atoms with E-state index in [1.165, 1.54) is 28.2 Å². The maximum Gasteiger partial charge on any atom is 0.164 e. The molecule has 1 aliphatic rings. The van der Waals surface area contributed by atoms with Crippen LogP contribution in [0.2, 0.25) is 0 Å². The fraction of sp³-hybridized carbons (Fsp3) is 0.419. The van der Waals surface area contributed by atoms with Gasteiger partial charge in [0.1, 0.15) is 17.1 Å². The Labute approximate surface area is 306 Å². The number of aryl methyl sites for hydroxylation is 2. The summed E-state index contributed by atoms with van der Waals surface area (Å²) < 4.78 is 6.53. The number of allylic oxidation sites excluding steroid dienone is 2. The first-order valence-corrected chi connectivity index (χ1v) is 17.5. The van der Waals surface area contributed by atoms with E-state index < -0.39 is 0 Å². The van der Waals surface area contributed by atoms with Crippen LogP contribution in [0.1, 0.15) is 105 Å². The summed E-state index contributed by atoms with van der Waals surface area (Å²) in [5, 5.41) is 13.6. The summed E-state index contributed by atoms with van der Waals surface area (Å²) in [6, 6.07) is 18.5. The molecule has 1 N–H and O–H groups in total. The first-order chi connectivity index (χ1) is 22.8. The van der Waals surface area contributed by atoms with Gasteiger partial charge >= 0.3 is 0 Å². The smallest absolute Gasteiger partial charge is 0.164 e. The molecular weight excluding hydrogens is 785 g/mol. The number of carbonyl (C=O) groups excluding carboxylic acids is 1. The molecule has 0 amide bonds. The third-order valence-electron chi connectivity index (χ3n) is 10.9. The van der Waals surface area contributed by atoms with E-state index in [2.05, 4.69) is 74.3 Å². The second kappa shape index (κ2) is 15.1. The van der Waals surface area contributed by atoms with Gasteiger partial charge in [-0.3, -0.25) is 14.8 Å². The van der Waals surface area contributed by atoms with Crippen LogP contribution in [0.25, 0.3) is 44.3 Å². The molecule has 3 aromatic heterocycles. The maximum absolute atomic E-state index is 12.2. The van der Waals surface area contributed by atoms with Gasteiger partial charge in [-0.2, -0.15) is 0 Å². The van der Waals surface area contributed by atoms with Crippen molar-refractivity contribution in [1.29, 1.82) is 0 Å². The second-order valence-corrected chi connectivity index (χ2v) is 14.8. The molecule has 0 saturated carbocycles. The Morgan fingerprint density at radius 3 is 2.22 bits per heavy atom. The number of hydrogen-bond acceptors (Lipinski definition) is 5. The van der Waals surface area contributed by atoms with Crippen molar-refractivity contribution in [2.45, 2.75) is 106 Å². The van der Waals surface area contributed by atoms with E-state index in [0.29, 0.717) is 0 Å². The van der Waals surface area contributed by atoms with Crippen molar-refractivity contribution < 1.29 is 34.4 Å². The molecule has 261 valence electrons. The van der Waals surface area contributed by atoms with Gasteiger partial charge in [0.2, 0.25) is 0 Å². The number of nitrogens with zero attached hydrogens (tertiary/aromatic N) is 2. The van der Waals surface area contributed by atoms with Gasteiger partial charge in [-0.25, -0.2) is 0 Å². The molecule has 0 spiro atoms. The zero-order valence-corrected chi connectivity index (χ0v) is 33.0. The van der Waals surface area contributed by atoms with E-state index in [1.807, 2.05) is 60.1 Å². The molecule has 5 aromatic rings. The predicted molar refractivity (Wildman–Crippen MR) is 198 cm³/mol. The van der Waals surface area contributed by atoms with Crippen molar-refractivity contribution in [2.75, 3.05) is 0 Å². The number of aliphatic hydroxyl groups is 1. The molecule has 6 rings (SSSR count). The van der Waals surface area contributed by atoms with Crippen LogP contribution in [0, 0.1) is 16.9 Å². The summed E-state index contributed by atoms with van der Waals surface area (Å²) in [7, 11) is 0. The van der Waals surface area contributed by atoms with Crippen molar-refractivity contribution in [1.82, 2.24) is 9.97 Å². The molecule has 0 fully saturated rings. The van der Waals surface area contributed by atoms with Crippen molar-refractivity contribution >= 4 is 27.5 Å². The average Bonchev–Trinajstić information content (AvgIpc) is 3.49. The molecule has 0 atom stereocenters. The van der Waals surface area contributed by atoms with Gasteiger partial charge in [-0.05, 0) is 61.6 Å². The maximum atomic E-state index is 12.2. The molecule has 6 heteroatoms. The van der Waals surface area contributed by atoms with Crippen LogP contribution in [-0.2, 0) is 43.2 Å². The monoisotopic (exact) mass is 836 g/mol. The third kappa shape index (κ3) is 7.47. The van der Waals surface area contributed by atoms with E-state index in [-0.39, 0.29) is 47.9 Å². The van der Waals surface area contributed by atoms with Crippen LogP contribution < -0.4 is 0 Å². The van der Waals surface area contributed by atoms with Crippen LogP contribution in [-0.4, -0.2) is 20.9 Å². The number of fused-ring (bicyclic) bond motifs is 6. The Hall–Kier alpha value is -3.60. The third-order valence-corrected chi connectivity index (χ3v) is 10.9. The number of carbonyl (C=O) groups is 1. The van der Waals surface area contributed by atoms with Gasteiger partial charge < -0.3 is 9.52 Å². The summed E-state index contributed by atoms with van der Waals surface area (Å²) in [6.45, 7) is 18.8. The number of rotatable bonds is 8. The number of aromatic nitrogens is 2. The van der Waals surface area contributed by atoms with Gasteiger partial charge in [-0.15, -0.1) is 29.1 Å². The topological polar surface area (TPSA) is 76.2 Å². The van der Waals surface area contributed by atoms with Crippen molar-refractivity contribution in [3.05, 3.63) is 95.6 Å². The van der Waals surface area contributed by atoms with E-state index in [4.69, 9.17) is 9.40 Å². The molecule has 0 saturated heterocycles. The van der Waals surface area contributed by atoms with E-state index in [0.717, 1.165) is 77.5 Å². The second-order valence-electron chi connectivity index (χ2n) is 14.8. The number of ketones is 1. The molecule has 0 unspecified atom stereocenters. The molecule has 0 bridgehead atoms. The molecule has 49 heavy (non-hydrogen) atoms. The summed E-state index contributed by atoms with van der Waals surface area (Å²) in [5.74, 6) is 1.25. The number of hydrogen-bond donors (Lipinski definition) is 1. The van der Waals surface area contributed by atoms with Gasteiger partial charge in [0.05, 0.1) is 0 Å². The Bertz CT molecular complexity index is 1970. The minimum absolute atomic E-state index is 0. The van der Waals surface area contributed by atoms with Crippen LogP contribution in [0.5, 0.6) is 0 Å². The SMILES string of the molecule is CC(C)(C)c1cc(-c2nccc3c4c(oc23)-c2ccncc2CC4)[c-]c2ccccc12.CCC(C)(CC)C(=O)/C=C(\O)C(C)(CC)CC.[Ir]. The Kier molecular flexibility index (Phi) is 11.8. The number of pyridine rings is 2. The van der Waals surface area contributed by atoms with Crippen molar-refractivity contribution in [3.63, 3.8) is 0 Å². The zero-order chi connectivity index (χ0) is 34.9. The van der Waals surface area contributed by atoms with Gasteiger partial charge in [0, 0.05) is 77.8 Å². The molecule has 5 nitrogen and oxygen atoms in total. The molecule has 1 radical (unpaired) electrons. The molecule has 0 aliphatic heterocycles. The summed E-state index contributed by atoms with van der Waals surface area (Å²) in [6.07, 6.45) is 12.4. The minimum atomic E-state index is -0.337. The largest absolute Gasteiger partial charge is 0.512 e. The summed E-state index contributed by atoms with van der Waals surface area (Å²) in [4.78, 5) is 21.2. The standard InChI is InChI=1S/C28H23N2O.C15H28O2.Ir/c1-28(2,3)24-15-19(14-17-6-4-5-7-20(17)24)25-27-23(11-13-30-25)22-9-8-18-16-29-12-10-21(18)26(22)31-27;1-7-14(5,8-2)12(16)11-13(17)15(6,9-3)10-4;/h4-7,10-13,15-16H,8-9H2,1-3H3;11,16H,7-10H2,1-6H3;/q-1;;/b;12-11-;. The number of benzene rings is 2. The van der Waals surface area contributed by atoms with Crippen LogP contribution >= 0.6 is 0 Å². The number of aliphatic hydroxyl groups excluding tert-OH is 1. The van der Waals surface area contributed by atoms with Gasteiger partial charge in [0.15, 0.2) is 5.78 Å². The quantitative estimate of drug-likeness (QED) is 0.0957. The Balaban J connectivity index is 0.000000260. The fourth-order valence-corrected chi connectivity index (χ4v) is 6.50. The average molecular weight is 836 g/mol. The van der Waals surface area contributed by atoms with E-state index in [9.17, 15) is 9.90 Å². The van der Waals surface area contributed by atoms with Crippen molar-refractivity contribution in [2.24, 2.45) is 10.8 Å². The first kappa shape index (κ1) is 38.2. The van der Waals surface area contributed by atoms with E-state index >= 15 is 0 Å². The Morgan fingerprint density at radius 2 is 1.57 bits per heavy atom. The first-order valence-electron chi connectivity index (χ1n) is 17.5. The van der Waals surface area contributed by atoms with Crippen LogP contribution in [0.3, 0.4) is 0 Å².